The number of allylic oxidation sites excluding steroid dienone is 2. The Balaban J connectivity index is 2.02. The van der Waals surface area contributed by atoms with Gasteiger partial charge in [-0.2, -0.15) is 0 Å². The molecule has 1 aromatic carbocycles. The first-order chi connectivity index (χ1) is 10.3. The van der Waals surface area contributed by atoms with Crippen molar-refractivity contribution in [3.63, 3.8) is 0 Å². The molecule has 0 spiro atoms. The van der Waals surface area contributed by atoms with E-state index in [-0.39, 0.29) is 39.6 Å². The summed E-state index contributed by atoms with van der Waals surface area (Å²) in [7, 11) is -1.48. The molecule has 0 saturated carbocycles. The van der Waals surface area contributed by atoms with Crippen LogP contribution in [0.15, 0.2) is 35.0 Å². The second-order valence-electron chi connectivity index (χ2n) is 5.53. The molecule has 1 atom stereocenters. The van der Waals surface area contributed by atoms with Crippen molar-refractivity contribution >= 4 is 33.0 Å². The molecule has 1 aliphatic carbocycles. The van der Waals surface area contributed by atoms with E-state index in [0.717, 1.165) is 0 Å². The molecular formula is C15H14ClNO4S. The molecule has 0 radical (unpaired) electrons. The van der Waals surface area contributed by atoms with Gasteiger partial charge in [0.05, 0.1) is 11.5 Å². The fourth-order valence-electron chi connectivity index (χ4n) is 2.91. The smallest absolute Gasteiger partial charge is 0.211 e. The Morgan fingerprint density at radius 1 is 1.14 bits per heavy atom. The van der Waals surface area contributed by atoms with Gasteiger partial charge in [-0.05, 0) is 6.42 Å². The number of hydrogen-bond acceptors (Lipinski definition) is 5. The van der Waals surface area contributed by atoms with Crippen LogP contribution >= 0.6 is 11.6 Å². The molecule has 1 heterocycles. The number of sulfone groups is 1. The normalized spacial score (nSPS) is 23.6. The van der Waals surface area contributed by atoms with Crippen LogP contribution in [0.3, 0.4) is 0 Å². The van der Waals surface area contributed by atoms with Crippen LogP contribution in [-0.4, -0.2) is 49.5 Å². The third kappa shape index (κ3) is 2.36. The van der Waals surface area contributed by atoms with E-state index in [1.54, 1.807) is 36.2 Å². The minimum Gasteiger partial charge on any atom is -0.366 e. The average Bonchev–Trinajstić information content (AvgIpc) is 2.85. The highest BCUT2D eigenvalue weighted by atomic mass is 35.5. The largest absolute Gasteiger partial charge is 0.366 e. The molecule has 0 bridgehead atoms. The van der Waals surface area contributed by atoms with Gasteiger partial charge < -0.3 is 4.90 Å². The van der Waals surface area contributed by atoms with Crippen molar-refractivity contribution in [3.05, 3.63) is 46.1 Å². The molecule has 116 valence electrons. The minimum absolute atomic E-state index is 0.0275. The van der Waals surface area contributed by atoms with Gasteiger partial charge in [-0.1, -0.05) is 35.9 Å². The highest BCUT2D eigenvalue weighted by molar-refractivity contribution is 7.91. The molecular weight excluding hydrogens is 326 g/mol. The monoisotopic (exact) mass is 339 g/mol. The van der Waals surface area contributed by atoms with Crippen LogP contribution in [0.25, 0.3) is 0 Å². The van der Waals surface area contributed by atoms with E-state index in [2.05, 4.69) is 0 Å². The van der Waals surface area contributed by atoms with Gasteiger partial charge in [0.2, 0.25) is 11.6 Å². The summed E-state index contributed by atoms with van der Waals surface area (Å²) in [6, 6.07) is 6.16. The predicted octanol–water partition coefficient (Wildman–Crippen LogP) is 1.63. The number of benzene rings is 1. The molecule has 1 aliphatic heterocycles. The molecule has 0 N–H and O–H groups in total. The maximum atomic E-state index is 12.6. The Hall–Kier alpha value is -1.66. The van der Waals surface area contributed by atoms with Gasteiger partial charge in [-0.15, -0.1) is 0 Å². The summed E-state index contributed by atoms with van der Waals surface area (Å²) in [5, 5.41) is -0.143. The lowest BCUT2D eigenvalue weighted by Gasteiger charge is -2.30. The van der Waals surface area contributed by atoms with E-state index >= 15 is 0 Å². The third-order valence-corrected chi connectivity index (χ3v) is 6.25. The first-order valence-corrected chi connectivity index (χ1v) is 9.03. The first-order valence-electron chi connectivity index (χ1n) is 6.83. The van der Waals surface area contributed by atoms with E-state index in [9.17, 15) is 18.0 Å². The Morgan fingerprint density at radius 3 is 2.27 bits per heavy atom. The van der Waals surface area contributed by atoms with E-state index in [0.29, 0.717) is 12.0 Å². The zero-order valence-electron chi connectivity index (χ0n) is 11.9. The van der Waals surface area contributed by atoms with Crippen molar-refractivity contribution in [1.29, 1.82) is 0 Å². The van der Waals surface area contributed by atoms with Crippen LogP contribution in [0.4, 0.5) is 0 Å². The number of Topliss-reactive ketones (excluding diaryl/α,β-unsaturated/α-hetero) is 2. The number of fused-ring (bicyclic) bond motifs is 1. The van der Waals surface area contributed by atoms with Crippen LogP contribution < -0.4 is 0 Å². The second-order valence-corrected chi connectivity index (χ2v) is 8.14. The van der Waals surface area contributed by atoms with E-state index in [4.69, 9.17) is 11.6 Å². The molecule has 1 unspecified atom stereocenters. The highest BCUT2D eigenvalue weighted by Crippen LogP contribution is 2.32. The Morgan fingerprint density at radius 2 is 1.73 bits per heavy atom. The molecule has 2 aliphatic rings. The van der Waals surface area contributed by atoms with Crippen LogP contribution in [0.2, 0.25) is 0 Å². The van der Waals surface area contributed by atoms with E-state index < -0.39 is 15.6 Å². The van der Waals surface area contributed by atoms with Gasteiger partial charge in [0.25, 0.3) is 0 Å². The number of nitrogens with zero attached hydrogens (tertiary/aromatic N) is 1. The number of likely N-dealkylation sites (N-methyl/N-ethyl adjacent to an activating group) is 1. The van der Waals surface area contributed by atoms with Crippen molar-refractivity contribution in [1.82, 2.24) is 4.90 Å². The van der Waals surface area contributed by atoms with Crippen LogP contribution in [0.5, 0.6) is 0 Å². The Bertz CT molecular complexity index is 813. The summed E-state index contributed by atoms with van der Waals surface area (Å²) in [4.78, 5) is 26.5. The zero-order chi connectivity index (χ0) is 16.1. The van der Waals surface area contributed by atoms with Crippen molar-refractivity contribution in [3.8, 4) is 0 Å². The number of ketones is 2. The topological polar surface area (TPSA) is 71.5 Å². The molecule has 7 heteroatoms. The molecule has 1 aromatic rings. The second kappa shape index (κ2) is 5.21. The maximum Gasteiger partial charge on any atom is 0.211 e. The summed E-state index contributed by atoms with van der Waals surface area (Å²) in [6.45, 7) is 0. The molecule has 1 fully saturated rings. The molecule has 0 aromatic heterocycles. The van der Waals surface area contributed by atoms with Crippen LogP contribution in [0.1, 0.15) is 27.1 Å². The third-order valence-electron chi connectivity index (χ3n) is 4.15. The van der Waals surface area contributed by atoms with Crippen LogP contribution in [-0.2, 0) is 9.84 Å². The number of halogens is 1. The van der Waals surface area contributed by atoms with Crippen molar-refractivity contribution in [2.24, 2.45) is 0 Å². The van der Waals surface area contributed by atoms with Gasteiger partial charge in [-0.25, -0.2) is 8.42 Å². The standard InChI is InChI=1S/C15H14ClNO4S/c1-17(9-6-7-22(20,21)8-9)13-12(16)14(18)10-4-2-3-5-11(10)15(13)19/h2-5,9H,6-8H2,1H3. The quantitative estimate of drug-likeness (QED) is 0.819. The lowest BCUT2D eigenvalue weighted by atomic mass is 9.91. The summed E-state index contributed by atoms with van der Waals surface area (Å²) in [5.41, 5.74) is 0.681. The molecule has 5 nitrogen and oxygen atoms in total. The average molecular weight is 340 g/mol. The molecule has 1 saturated heterocycles. The first kappa shape index (κ1) is 15.2. The Kier molecular flexibility index (Phi) is 3.61. The number of carbonyl (C=O) groups excluding carboxylic acids is 2. The van der Waals surface area contributed by atoms with Crippen LogP contribution in [0, 0.1) is 0 Å². The maximum absolute atomic E-state index is 12.6. The summed E-state index contributed by atoms with van der Waals surface area (Å²) in [6.07, 6.45) is 0.426. The summed E-state index contributed by atoms with van der Waals surface area (Å²) < 4.78 is 23.3. The minimum atomic E-state index is -3.09. The summed E-state index contributed by atoms with van der Waals surface area (Å²) in [5.74, 6) is -0.682. The zero-order valence-corrected chi connectivity index (χ0v) is 13.4. The van der Waals surface area contributed by atoms with Gasteiger partial charge in [0.15, 0.2) is 9.84 Å². The number of rotatable bonds is 2. The lowest BCUT2D eigenvalue weighted by Crippen LogP contribution is -2.38. The van der Waals surface area contributed by atoms with Crippen molar-refractivity contribution in [2.45, 2.75) is 12.5 Å². The highest BCUT2D eigenvalue weighted by Gasteiger charge is 2.38. The van der Waals surface area contributed by atoms with Gasteiger partial charge >= 0.3 is 0 Å². The molecule has 0 amide bonds. The number of hydrogen-bond donors (Lipinski definition) is 0. The van der Waals surface area contributed by atoms with E-state index in [1.165, 1.54) is 0 Å². The van der Waals surface area contributed by atoms with Gasteiger partial charge in [0.1, 0.15) is 10.7 Å². The SMILES string of the molecule is CN(C1=C(Cl)C(=O)c2ccccc2C1=O)C1CCS(=O)(=O)C1. The lowest BCUT2D eigenvalue weighted by molar-refractivity contribution is 0.0945. The van der Waals surface area contributed by atoms with Gasteiger partial charge in [0, 0.05) is 24.2 Å². The Labute approximate surface area is 133 Å². The van der Waals surface area contributed by atoms with Crippen molar-refractivity contribution < 1.29 is 18.0 Å². The summed E-state index contributed by atoms with van der Waals surface area (Å²) >= 11 is 6.12. The van der Waals surface area contributed by atoms with Gasteiger partial charge in [-0.3, -0.25) is 9.59 Å². The van der Waals surface area contributed by atoms with E-state index in [1.807, 2.05) is 0 Å². The van der Waals surface area contributed by atoms with Crippen molar-refractivity contribution in [2.75, 3.05) is 18.6 Å². The fourth-order valence-corrected chi connectivity index (χ4v) is 5.01. The predicted molar refractivity (Wildman–Crippen MR) is 82.8 cm³/mol. The molecule has 3 rings (SSSR count). The fraction of sp³-hybridized carbons (Fsp3) is 0.333. The number of carbonyl (C=O) groups is 2. The molecule has 22 heavy (non-hydrogen) atoms.